The molecule has 0 heterocycles. The number of nitro groups is 1. The fraction of sp³-hybridized carbons (Fsp3) is 0.805. The van der Waals surface area contributed by atoms with Crippen LogP contribution in [0.3, 0.4) is 0 Å². The summed E-state index contributed by atoms with van der Waals surface area (Å²) in [4.78, 5) is 35.0. The number of ether oxygens (including phenoxy) is 2. The van der Waals surface area contributed by atoms with E-state index >= 15 is 0 Å². The molecule has 0 amide bonds. The minimum atomic E-state index is -4.39. The summed E-state index contributed by atoms with van der Waals surface area (Å²) in [7, 11) is -4.39. The Morgan fingerprint density at radius 3 is 1.17 bits per heavy atom. The summed E-state index contributed by atoms with van der Waals surface area (Å²) in [5, 5.41) is 11.0. The molecule has 0 radical (unpaired) electrons. The number of hydrogen-bond acceptors (Lipinski definition) is 9. The second-order valence-corrected chi connectivity index (χ2v) is 15.8. The van der Waals surface area contributed by atoms with Gasteiger partial charge in [0.1, 0.15) is 19.3 Å². The van der Waals surface area contributed by atoms with Crippen molar-refractivity contribution >= 4 is 27.7 Å². The van der Waals surface area contributed by atoms with Crippen LogP contribution in [0.5, 0.6) is 0 Å². The highest BCUT2D eigenvalue weighted by atomic mass is 32.2. The van der Waals surface area contributed by atoms with Crippen LogP contribution in [0.25, 0.3) is 0 Å². The first kappa shape index (κ1) is 47.5. The lowest BCUT2D eigenvalue weighted by molar-refractivity contribution is -0.384. The van der Waals surface area contributed by atoms with Gasteiger partial charge in [0.2, 0.25) is 0 Å². The molecular weight excluding hydrogens is 683 g/mol. The number of carbonyl (C=O) groups excluding carboxylic acids is 2. The van der Waals surface area contributed by atoms with Gasteiger partial charge in [-0.05, 0) is 25.0 Å². The minimum Gasteiger partial charge on any atom is -0.463 e. The summed E-state index contributed by atoms with van der Waals surface area (Å²) >= 11 is 0. The molecule has 300 valence electrons. The molecule has 1 aromatic carbocycles. The van der Waals surface area contributed by atoms with Crippen molar-refractivity contribution in [1.82, 2.24) is 0 Å². The molecule has 0 aliphatic rings. The van der Waals surface area contributed by atoms with E-state index in [9.17, 15) is 28.1 Å². The van der Waals surface area contributed by atoms with Gasteiger partial charge in [-0.25, -0.2) is 0 Å². The Morgan fingerprint density at radius 2 is 0.865 bits per heavy atom. The molecule has 1 rings (SSSR count). The third-order valence-electron chi connectivity index (χ3n) is 9.43. The second-order valence-electron chi connectivity index (χ2n) is 14.3. The third-order valence-corrected chi connectivity index (χ3v) is 10.8. The SMILES string of the molecule is CCCCCCCCCCCCCCCC(=O)OCC(COC(=O)CCCCCCCCCCCCCCC)OS(=O)(=O)c1ccc([N+](=O)[O-])cc1. The number of nitro benzene ring substituents is 1. The van der Waals surface area contributed by atoms with Gasteiger partial charge >= 0.3 is 11.9 Å². The number of non-ortho nitro benzene ring substituents is 1. The molecule has 1 aromatic rings. The summed E-state index contributed by atoms with van der Waals surface area (Å²) < 4.78 is 41.9. The van der Waals surface area contributed by atoms with Crippen LogP contribution in [0, 0.1) is 10.1 Å². The molecule has 0 fully saturated rings. The topological polar surface area (TPSA) is 139 Å². The molecule has 0 atom stereocenters. The number of nitrogens with zero attached hydrogens (tertiary/aromatic N) is 1. The van der Waals surface area contributed by atoms with Gasteiger partial charge in [-0.3, -0.25) is 23.9 Å². The zero-order valence-corrected chi connectivity index (χ0v) is 33.4. The molecular formula is C41H71NO9S. The maximum atomic E-state index is 13.0. The van der Waals surface area contributed by atoms with E-state index in [2.05, 4.69) is 13.8 Å². The molecule has 0 saturated carbocycles. The first-order chi connectivity index (χ1) is 25.2. The van der Waals surface area contributed by atoms with Crippen LogP contribution < -0.4 is 0 Å². The Balaban J connectivity index is 2.40. The maximum Gasteiger partial charge on any atom is 0.305 e. The van der Waals surface area contributed by atoms with Crippen LogP contribution in [0.4, 0.5) is 5.69 Å². The Labute approximate surface area is 315 Å². The van der Waals surface area contributed by atoms with Crippen LogP contribution in [-0.2, 0) is 33.4 Å². The van der Waals surface area contributed by atoms with Crippen molar-refractivity contribution in [3.63, 3.8) is 0 Å². The molecule has 0 saturated heterocycles. The van der Waals surface area contributed by atoms with Crippen molar-refractivity contribution in [2.45, 2.75) is 205 Å². The first-order valence-electron chi connectivity index (χ1n) is 20.7. The standard InChI is InChI=1S/C41H71NO9S/c1-3-5-7-9-11-13-15-17-19-21-23-25-27-29-40(43)49-35-38(51-52(47,48)39-33-31-37(32-34-39)42(45)46)36-50-41(44)30-28-26-24-22-20-18-16-14-12-10-8-6-4-2/h31-34,38H,3-30,35-36H2,1-2H3. The highest BCUT2D eigenvalue weighted by Gasteiger charge is 2.25. The number of unbranched alkanes of at least 4 members (excludes halogenated alkanes) is 24. The van der Waals surface area contributed by atoms with Crippen molar-refractivity contribution < 1.29 is 36.6 Å². The van der Waals surface area contributed by atoms with Gasteiger partial charge in [0.15, 0.2) is 0 Å². The van der Waals surface area contributed by atoms with Crippen LogP contribution in [-0.4, -0.2) is 44.6 Å². The molecule has 52 heavy (non-hydrogen) atoms. The summed E-state index contributed by atoms with van der Waals surface area (Å²) in [6.07, 6.45) is 30.1. The van der Waals surface area contributed by atoms with E-state index in [1.807, 2.05) is 0 Å². The summed E-state index contributed by atoms with van der Waals surface area (Å²) in [5.41, 5.74) is -0.264. The van der Waals surface area contributed by atoms with Gasteiger partial charge in [0.05, 0.1) is 9.82 Å². The molecule has 0 aliphatic heterocycles. The molecule has 0 unspecified atom stereocenters. The van der Waals surface area contributed by atoms with E-state index in [4.69, 9.17) is 13.7 Å². The zero-order chi connectivity index (χ0) is 38.1. The summed E-state index contributed by atoms with van der Waals surface area (Å²) in [6, 6.07) is 4.28. The Bertz CT molecular complexity index is 1110. The number of esters is 2. The van der Waals surface area contributed by atoms with Gasteiger partial charge in [0.25, 0.3) is 15.8 Å². The van der Waals surface area contributed by atoms with E-state index in [-0.39, 0.29) is 23.4 Å². The maximum absolute atomic E-state index is 13.0. The smallest absolute Gasteiger partial charge is 0.305 e. The second kappa shape index (κ2) is 31.9. The molecule has 0 N–H and O–H groups in total. The Morgan fingerprint density at radius 1 is 0.558 bits per heavy atom. The van der Waals surface area contributed by atoms with Crippen LogP contribution in [0.15, 0.2) is 29.2 Å². The summed E-state index contributed by atoms with van der Waals surface area (Å²) in [5.74, 6) is -0.939. The highest BCUT2D eigenvalue weighted by Crippen LogP contribution is 2.20. The number of carbonyl (C=O) groups is 2. The van der Waals surface area contributed by atoms with Gasteiger partial charge < -0.3 is 9.47 Å². The van der Waals surface area contributed by atoms with Crippen molar-refractivity contribution in [2.24, 2.45) is 0 Å². The van der Waals surface area contributed by atoms with Crippen molar-refractivity contribution in [1.29, 1.82) is 0 Å². The molecule has 11 heteroatoms. The molecule has 10 nitrogen and oxygen atoms in total. The number of rotatable bonds is 36. The van der Waals surface area contributed by atoms with Crippen LogP contribution >= 0.6 is 0 Å². The fourth-order valence-corrected chi connectivity index (χ4v) is 7.21. The van der Waals surface area contributed by atoms with Crippen molar-refractivity contribution in [3.05, 3.63) is 34.4 Å². The minimum absolute atomic E-state index is 0.207. The van der Waals surface area contributed by atoms with E-state index in [0.717, 1.165) is 62.8 Å². The monoisotopic (exact) mass is 753 g/mol. The van der Waals surface area contributed by atoms with E-state index in [0.29, 0.717) is 12.8 Å². The molecule has 0 bridgehead atoms. The van der Waals surface area contributed by atoms with E-state index < -0.39 is 46.3 Å². The Hall–Kier alpha value is -2.53. The number of benzene rings is 1. The van der Waals surface area contributed by atoms with E-state index in [1.165, 1.54) is 116 Å². The van der Waals surface area contributed by atoms with Crippen molar-refractivity contribution in [3.8, 4) is 0 Å². The van der Waals surface area contributed by atoms with E-state index in [1.54, 1.807) is 0 Å². The zero-order valence-electron chi connectivity index (χ0n) is 32.6. The van der Waals surface area contributed by atoms with Crippen molar-refractivity contribution in [2.75, 3.05) is 13.2 Å². The van der Waals surface area contributed by atoms with Gasteiger partial charge in [0, 0.05) is 25.0 Å². The molecule has 0 spiro atoms. The average Bonchev–Trinajstić information content (AvgIpc) is 3.13. The van der Waals surface area contributed by atoms with Gasteiger partial charge in [-0.15, -0.1) is 0 Å². The average molecular weight is 754 g/mol. The van der Waals surface area contributed by atoms with Gasteiger partial charge in [-0.2, -0.15) is 8.42 Å². The quantitative estimate of drug-likeness (QED) is 0.0215. The molecule has 0 aliphatic carbocycles. The normalized spacial score (nSPS) is 11.6. The van der Waals surface area contributed by atoms with Gasteiger partial charge in [-0.1, -0.05) is 168 Å². The van der Waals surface area contributed by atoms with Crippen LogP contribution in [0.1, 0.15) is 194 Å². The summed E-state index contributed by atoms with van der Waals surface area (Å²) in [6.45, 7) is 3.66. The predicted molar refractivity (Wildman–Crippen MR) is 208 cm³/mol. The lowest BCUT2D eigenvalue weighted by Gasteiger charge is -2.18. The fourth-order valence-electron chi connectivity index (χ4n) is 6.16. The predicted octanol–water partition coefficient (Wildman–Crippen LogP) is 11.7. The highest BCUT2D eigenvalue weighted by molar-refractivity contribution is 7.86. The lowest BCUT2D eigenvalue weighted by atomic mass is 10.0. The molecule has 0 aromatic heterocycles. The lowest BCUT2D eigenvalue weighted by Crippen LogP contribution is -2.31. The number of hydrogen-bond donors (Lipinski definition) is 0. The largest absolute Gasteiger partial charge is 0.463 e. The third kappa shape index (κ3) is 26.3. The Kier molecular flexibility index (Phi) is 29.2. The van der Waals surface area contributed by atoms with Crippen LogP contribution in [0.2, 0.25) is 0 Å². The first-order valence-corrected chi connectivity index (χ1v) is 22.1.